The summed E-state index contributed by atoms with van der Waals surface area (Å²) in [6.45, 7) is 0. The summed E-state index contributed by atoms with van der Waals surface area (Å²) in [4.78, 5) is 0. The van der Waals surface area contributed by atoms with Crippen molar-refractivity contribution in [2.24, 2.45) is 0 Å². The van der Waals surface area contributed by atoms with Crippen LogP contribution >= 0.6 is 0 Å². The summed E-state index contributed by atoms with van der Waals surface area (Å²) in [5.74, 6) is 0. The van der Waals surface area contributed by atoms with Crippen molar-refractivity contribution < 1.29 is 0 Å². The predicted octanol–water partition coefficient (Wildman–Crippen LogP) is 13.5. The average Bonchev–Trinajstić information content (AvgIpc) is 3.17. The fourth-order valence-corrected chi connectivity index (χ4v) is 7.14. The van der Waals surface area contributed by atoms with Crippen LogP contribution < -0.4 is 0 Å². The Labute approximate surface area is 281 Å². The predicted molar refractivity (Wildman–Crippen MR) is 206 cm³/mol. The summed E-state index contributed by atoms with van der Waals surface area (Å²) in [7, 11) is 0. The maximum Gasteiger partial charge on any atom is -0.00992 e. The molecule has 224 valence electrons. The molecule has 0 aliphatic heterocycles. The maximum absolute atomic E-state index is 2.33. The van der Waals surface area contributed by atoms with Crippen LogP contribution in [0.1, 0.15) is 0 Å². The molecule has 9 aromatic rings. The quantitative estimate of drug-likeness (QED) is 0.182. The van der Waals surface area contributed by atoms with Gasteiger partial charge in [-0.05, 0) is 118 Å². The Balaban J connectivity index is 1.04. The van der Waals surface area contributed by atoms with Gasteiger partial charge in [-0.1, -0.05) is 164 Å². The Hall–Kier alpha value is -6.24. The molecule has 0 amide bonds. The second-order valence-electron chi connectivity index (χ2n) is 12.6. The van der Waals surface area contributed by atoms with E-state index in [1.807, 2.05) is 0 Å². The molecule has 0 N–H and O–H groups in total. The summed E-state index contributed by atoms with van der Waals surface area (Å²) < 4.78 is 0. The number of benzene rings is 9. The van der Waals surface area contributed by atoms with E-state index in [0.717, 1.165) is 0 Å². The van der Waals surface area contributed by atoms with Gasteiger partial charge in [-0.3, -0.25) is 0 Å². The van der Waals surface area contributed by atoms with E-state index >= 15 is 0 Å². The Kier molecular flexibility index (Phi) is 6.91. The van der Waals surface area contributed by atoms with Gasteiger partial charge < -0.3 is 0 Å². The van der Waals surface area contributed by atoms with E-state index in [1.54, 1.807) is 0 Å². The summed E-state index contributed by atoms with van der Waals surface area (Å²) in [6, 6.07) is 70.7. The van der Waals surface area contributed by atoms with Crippen molar-refractivity contribution in [1.29, 1.82) is 0 Å². The van der Waals surface area contributed by atoms with Gasteiger partial charge in [0.2, 0.25) is 0 Å². The van der Waals surface area contributed by atoms with Crippen molar-refractivity contribution >= 4 is 32.3 Å². The van der Waals surface area contributed by atoms with Crippen LogP contribution in [0.25, 0.3) is 88.0 Å². The highest BCUT2D eigenvalue weighted by Crippen LogP contribution is 2.37. The van der Waals surface area contributed by atoms with Gasteiger partial charge in [0, 0.05) is 0 Å². The molecule has 9 aromatic carbocycles. The van der Waals surface area contributed by atoms with Crippen LogP contribution in [-0.4, -0.2) is 0 Å². The van der Waals surface area contributed by atoms with Crippen molar-refractivity contribution in [3.63, 3.8) is 0 Å². The van der Waals surface area contributed by atoms with E-state index in [-0.39, 0.29) is 0 Å². The average molecular weight is 609 g/mol. The lowest BCUT2D eigenvalue weighted by molar-refractivity contribution is 1.58. The molecule has 0 unspecified atom stereocenters. The van der Waals surface area contributed by atoms with E-state index in [2.05, 4.69) is 194 Å². The number of hydrogen-bond donors (Lipinski definition) is 0. The first-order valence-corrected chi connectivity index (χ1v) is 16.6. The molecule has 0 radical (unpaired) electrons. The molecule has 0 aliphatic rings. The van der Waals surface area contributed by atoms with Crippen LogP contribution in [0.2, 0.25) is 0 Å². The van der Waals surface area contributed by atoms with E-state index in [1.165, 1.54) is 88.0 Å². The van der Waals surface area contributed by atoms with E-state index in [0.29, 0.717) is 0 Å². The van der Waals surface area contributed by atoms with Gasteiger partial charge in [-0.2, -0.15) is 0 Å². The fourth-order valence-electron chi connectivity index (χ4n) is 7.14. The van der Waals surface area contributed by atoms with Crippen molar-refractivity contribution in [3.8, 4) is 55.6 Å². The lowest BCUT2D eigenvalue weighted by Crippen LogP contribution is -1.87. The third kappa shape index (κ3) is 5.14. The number of rotatable bonds is 5. The standard InChI is InChI=1S/C48H32/c1-2-11-34(12-3-1)45-26-27-46(48-19-7-6-18-47(45)48)44-25-24-42-31-41(22-23-43(42)32-44)39-17-9-15-37(30-39)36-14-8-16-38(29-36)40-21-20-33-10-4-5-13-35(33)28-40/h1-32H. The number of hydrogen-bond acceptors (Lipinski definition) is 0. The zero-order valence-corrected chi connectivity index (χ0v) is 26.5. The highest BCUT2D eigenvalue weighted by Gasteiger charge is 2.11. The number of fused-ring (bicyclic) bond motifs is 3. The third-order valence-corrected chi connectivity index (χ3v) is 9.63. The molecular weight excluding hydrogens is 577 g/mol. The Morgan fingerprint density at radius 1 is 0.188 bits per heavy atom. The molecule has 0 bridgehead atoms. The molecule has 0 spiro atoms. The van der Waals surface area contributed by atoms with Crippen molar-refractivity contribution in [1.82, 2.24) is 0 Å². The van der Waals surface area contributed by atoms with Crippen molar-refractivity contribution in [2.75, 3.05) is 0 Å². The first-order valence-electron chi connectivity index (χ1n) is 16.6. The van der Waals surface area contributed by atoms with Gasteiger partial charge >= 0.3 is 0 Å². The van der Waals surface area contributed by atoms with Crippen molar-refractivity contribution in [3.05, 3.63) is 194 Å². The molecule has 0 saturated heterocycles. The lowest BCUT2D eigenvalue weighted by Gasteiger charge is -2.13. The summed E-state index contributed by atoms with van der Waals surface area (Å²) >= 11 is 0. The zero-order chi connectivity index (χ0) is 31.9. The van der Waals surface area contributed by atoms with Gasteiger partial charge in [0.15, 0.2) is 0 Å². The highest BCUT2D eigenvalue weighted by molar-refractivity contribution is 6.06. The van der Waals surface area contributed by atoms with Crippen LogP contribution in [-0.2, 0) is 0 Å². The van der Waals surface area contributed by atoms with Crippen LogP contribution in [0.3, 0.4) is 0 Å². The van der Waals surface area contributed by atoms with Gasteiger partial charge in [0.1, 0.15) is 0 Å². The molecule has 48 heavy (non-hydrogen) atoms. The molecule has 0 nitrogen and oxygen atoms in total. The Morgan fingerprint density at radius 3 is 1.15 bits per heavy atom. The van der Waals surface area contributed by atoms with Gasteiger partial charge in [0.25, 0.3) is 0 Å². The molecule has 0 heterocycles. The van der Waals surface area contributed by atoms with E-state index in [4.69, 9.17) is 0 Å². The Bertz CT molecular complexity index is 2610. The second kappa shape index (κ2) is 11.8. The summed E-state index contributed by atoms with van der Waals surface area (Å²) in [5.41, 5.74) is 12.4. The molecule has 0 aliphatic carbocycles. The topological polar surface area (TPSA) is 0 Å². The van der Waals surface area contributed by atoms with E-state index < -0.39 is 0 Å². The lowest BCUT2D eigenvalue weighted by atomic mass is 9.91. The molecule has 0 heteroatoms. The smallest absolute Gasteiger partial charge is 0.00992 e. The van der Waals surface area contributed by atoms with Crippen LogP contribution in [0, 0.1) is 0 Å². The first-order chi connectivity index (χ1) is 23.8. The maximum atomic E-state index is 2.33. The molecular formula is C48H32. The molecule has 0 saturated carbocycles. The normalized spacial score (nSPS) is 11.3. The summed E-state index contributed by atoms with van der Waals surface area (Å²) in [5, 5.41) is 7.57. The van der Waals surface area contributed by atoms with Gasteiger partial charge in [-0.25, -0.2) is 0 Å². The minimum Gasteiger partial charge on any atom is -0.0622 e. The monoisotopic (exact) mass is 608 g/mol. The SMILES string of the molecule is c1ccc(-c2ccc(-c3ccc4cc(-c5cccc(-c6cccc(-c7ccc8ccccc8c7)c6)c5)ccc4c3)c3ccccc23)cc1. The van der Waals surface area contributed by atoms with Gasteiger partial charge in [0.05, 0.1) is 0 Å². The van der Waals surface area contributed by atoms with Crippen LogP contribution in [0.4, 0.5) is 0 Å². The van der Waals surface area contributed by atoms with Crippen LogP contribution in [0.5, 0.6) is 0 Å². The van der Waals surface area contributed by atoms with Crippen LogP contribution in [0.15, 0.2) is 194 Å². The zero-order valence-electron chi connectivity index (χ0n) is 26.5. The largest absolute Gasteiger partial charge is 0.0622 e. The van der Waals surface area contributed by atoms with Crippen molar-refractivity contribution in [2.45, 2.75) is 0 Å². The highest BCUT2D eigenvalue weighted by atomic mass is 14.1. The summed E-state index contributed by atoms with van der Waals surface area (Å²) in [6.07, 6.45) is 0. The van der Waals surface area contributed by atoms with E-state index in [9.17, 15) is 0 Å². The minimum absolute atomic E-state index is 1.22. The molecule has 9 rings (SSSR count). The third-order valence-electron chi connectivity index (χ3n) is 9.63. The molecule has 0 fully saturated rings. The first kappa shape index (κ1) is 28.0. The second-order valence-corrected chi connectivity index (χ2v) is 12.6. The van der Waals surface area contributed by atoms with Gasteiger partial charge in [-0.15, -0.1) is 0 Å². The fraction of sp³-hybridized carbons (Fsp3) is 0. The molecule has 0 aromatic heterocycles. The Morgan fingerprint density at radius 2 is 0.562 bits per heavy atom. The molecule has 0 atom stereocenters. The minimum atomic E-state index is 1.22.